The van der Waals surface area contributed by atoms with Gasteiger partial charge in [-0.05, 0) is 6.42 Å². The molecule has 3 heteroatoms. The van der Waals surface area contributed by atoms with Crippen molar-refractivity contribution < 1.29 is 9.90 Å². The van der Waals surface area contributed by atoms with E-state index in [4.69, 9.17) is 5.11 Å². The molecule has 0 rings (SSSR count). The highest BCUT2D eigenvalue weighted by molar-refractivity contribution is 14.1. The number of alkyl halides is 1. The third-order valence-corrected chi connectivity index (χ3v) is 1.59. The molecule has 0 fully saturated rings. The third-order valence-electron chi connectivity index (χ3n) is 0.964. The van der Waals surface area contributed by atoms with Crippen molar-refractivity contribution >= 4 is 28.6 Å². The lowest BCUT2D eigenvalue weighted by Crippen LogP contribution is -2.09. The summed E-state index contributed by atoms with van der Waals surface area (Å²) in [6.45, 7) is 1.72. The number of hydrogen-bond donors (Lipinski definition) is 1. The Labute approximate surface area is 62.4 Å². The SMILES string of the molecule is CC(CCI)C(=O)O. The normalized spacial score (nSPS) is 13.2. The van der Waals surface area contributed by atoms with Crippen LogP contribution in [0.5, 0.6) is 0 Å². The van der Waals surface area contributed by atoms with Gasteiger partial charge in [0.2, 0.25) is 0 Å². The van der Waals surface area contributed by atoms with E-state index in [1.807, 2.05) is 0 Å². The van der Waals surface area contributed by atoms with Crippen LogP contribution in [-0.2, 0) is 4.79 Å². The lowest BCUT2D eigenvalue weighted by Gasteiger charge is -1.99. The van der Waals surface area contributed by atoms with Crippen molar-refractivity contribution in [2.24, 2.45) is 5.92 Å². The van der Waals surface area contributed by atoms with Gasteiger partial charge in [-0.15, -0.1) is 0 Å². The zero-order chi connectivity index (χ0) is 6.57. The number of rotatable bonds is 3. The number of hydrogen-bond acceptors (Lipinski definition) is 1. The summed E-state index contributed by atoms with van der Waals surface area (Å²) in [4.78, 5) is 10.1. The molecule has 0 radical (unpaired) electrons. The van der Waals surface area contributed by atoms with E-state index in [2.05, 4.69) is 22.6 Å². The molecule has 0 amide bonds. The second-order valence-electron chi connectivity index (χ2n) is 1.72. The van der Waals surface area contributed by atoms with Crippen molar-refractivity contribution in [2.75, 3.05) is 4.43 Å². The van der Waals surface area contributed by atoms with Gasteiger partial charge in [0.25, 0.3) is 0 Å². The average Bonchev–Trinajstić information content (AvgIpc) is 1.67. The molecule has 1 N–H and O–H groups in total. The Hall–Kier alpha value is 0.200. The van der Waals surface area contributed by atoms with Crippen molar-refractivity contribution in [3.63, 3.8) is 0 Å². The second kappa shape index (κ2) is 4.12. The lowest BCUT2D eigenvalue weighted by atomic mass is 10.1. The summed E-state index contributed by atoms with van der Waals surface area (Å²) in [5, 5.41) is 8.31. The van der Waals surface area contributed by atoms with Crippen LogP contribution < -0.4 is 0 Å². The number of aliphatic carboxylic acids is 1. The molecule has 0 aromatic heterocycles. The Morgan fingerprint density at radius 3 is 2.50 bits per heavy atom. The molecule has 8 heavy (non-hydrogen) atoms. The quantitative estimate of drug-likeness (QED) is 0.587. The average molecular weight is 228 g/mol. The van der Waals surface area contributed by atoms with Crippen LogP contribution in [0.4, 0.5) is 0 Å². The molecule has 1 atom stereocenters. The number of carboxylic acids is 1. The fraction of sp³-hybridized carbons (Fsp3) is 0.800. The van der Waals surface area contributed by atoms with E-state index in [0.717, 1.165) is 10.8 Å². The first-order valence-electron chi connectivity index (χ1n) is 2.47. The fourth-order valence-corrected chi connectivity index (χ4v) is 1.22. The van der Waals surface area contributed by atoms with Crippen molar-refractivity contribution in [1.82, 2.24) is 0 Å². The molecule has 0 aromatic rings. The molecule has 48 valence electrons. The maximum atomic E-state index is 10.1. The molecule has 0 aliphatic rings. The Kier molecular flexibility index (Phi) is 4.22. The van der Waals surface area contributed by atoms with Gasteiger partial charge < -0.3 is 5.11 Å². The molecule has 0 aliphatic carbocycles. The Balaban J connectivity index is 3.32. The van der Waals surface area contributed by atoms with Crippen LogP contribution in [0, 0.1) is 5.92 Å². The van der Waals surface area contributed by atoms with Crippen molar-refractivity contribution in [2.45, 2.75) is 13.3 Å². The molecular formula is C5H9IO2. The summed E-state index contributed by atoms with van der Waals surface area (Å²) in [5.74, 6) is -0.867. The fourth-order valence-electron chi connectivity index (χ4n) is 0.287. The molecule has 0 saturated heterocycles. The maximum absolute atomic E-state index is 10.1. The zero-order valence-electron chi connectivity index (χ0n) is 4.72. The van der Waals surface area contributed by atoms with Crippen LogP contribution in [0.15, 0.2) is 0 Å². The zero-order valence-corrected chi connectivity index (χ0v) is 6.88. The molecule has 0 saturated carbocycles. The Bertz CT molecular complexity index is 82.5. The van der Waals surface area contributed by atoms with E-state index in [1.54, 1.807) is 6.92 Å². The van der Waals surface area contributed by atoms with E-state index in [0.29, 0.717) is 0 Å². The minimum Gasteiger partial charge on any atom is -0.481 e. The van der Waals surface area contributed by atoms with Crippen LogP contribution in [0.2, 0.25) is 0 Å². The van der Waals surface area contributed by atoms with E-state index in [9.17, 15) is 4.79 Å². The molecule has 0 spiro atoms. The van der Waals surface area contributed by atoms with Gasteiger partial charge in [0.05, 0.1) is 5.92 Å². The number of carbonyl (C=O) groups is 1. The maximum Gasteiger partial charge on any atom is 0.306 e. The first-order chi connectivity index (χ1) is 3.68. The van der Waals surface area contributed by atoms with Gasteiger partial charge in [-0.25, -0.2) is 0 Å². The standard InChI is InChI=1S/C5H9IO2/c1-4(2-3-6)5(7)8/h4H,2-3H2,1H3,(H,7,8). The highest BCUT2D eigenvalue weighted by Crippen LogP contribution is 2.03. The van der Waals surface area contributed by atoms with Crippen LogP contribution in [0.1, 0.15) is 13.3 Å². The first kappa shape index (κ1) is 8.20. The summed E-state index contributed by atoms with van der Waals surface area (Å²) < 4.78 is 0.922. The van der Waals surface area contributed by atoms with Crippen molar-refractivity contribution in [3.05, 3.63) is 0 Å². The van der Waals surface area contributed by atoms with Gasteiger partial charge in [-0.1, -0.05) is 29.5 Å². The third kappa shape index (κ3) is 3.23. The van der Waals surface area contributed by atoms with Crippen LogP contribution >= 0.6 is 22.6 Å². The summed E-state index contributed by atoms with van der Waals surface area (Å²) in [6, 6.07) is 0. The highest BCUT2D eigenvalue weighted by atomic mass is 127. The topological polar surface area (TPSA) is 37.3 Å². The highest BCUT2D eigenvalue weighted by Gasteiger charge is 2.07. The predicted molar refractivity (Wildman–Crippen MR) is 40.3 cm³/mol. The molecule has 2 nitrogen and oxygen atoms in total. The summed E-state index contributed by atoms with van der Waals surface area (Å²) in [7, 11) is 0. The molecular weight excluding hydrogens is 219 g/mol. The molecule has 0 aliphatic heterocycles. The van der Waals surface area contributed by atoms with Crippen LogP contribution in [0.3, 0.4) is 0 Å². The van der Waals surface area contributed by atoms with Crippen molar-refractivity contribution in [1.29, 1.82) is 0 Å². The van der Waals surface area contributed by atoms with E-state index < -0.39 is 5.97 Å². The molecule has 0 aromatic carbocycles. The largest absolute Gasteiger partial charge is 0.481 e. The van der Waals surface area contributed by atoms with Crippen LogP contribution in [-0.4, -0.2) is 15.5 Å². The van der Waals surface area contributed by atoms with Gasteiger partial charge >= 0.3 is 5.97 Å². The van der Waals surface area contributed by atoms with Gasteiger partial charge in [-0.2, -0.15) is 0 Å². The monoisotopic (exact) mass is 228 g/mol. The molecule has 0 bridgehead atoms. The van der Waals surface area contributed by atoms with Gasteiger partial charge in [0, 0.05) is 4.43 Å². The summed E-state index contributed by atoms with van der Waals surface area (Å²) >= 11 is 2.17. The van der Waals surface area contributed by atoms with E-state index >= 15 is 0 Å². The second-order valence-corrected chi connectivity index (χ2v) is 2.80. The summed E-state index contributed by atoms with van der Waals surface area (Å²) in [6.07, 6.45) is 0.774. The number of carboxylic acid groups (broad SMARTS) is 1. The minimum absolute atomic E-state index is 0.174. The van der Waals surface area contributed by atoms with E-state index in [1.165, 1.54) is 0 Å². The molecule has 1 unspecified atom stereocenters. The van der Waals surface area contributed by atoms with Crippen LogP contribution in [0.25, 0.3) is 0 Å². The lowest BCUT2D eigenvalue weighted by molar-refractivity contribution is -0.141. The minimum atomic E-state index is -0.693. The summed E-state index contributed by atoms with van der Waals surface area (Å²) in [5.41, 5.74) is 0. The van der Waals surface area contributed by atoms with Gasteiger partial charge in [0.1, 0.15) is 0 Å². The van der Waals surface area contributed by atoms with Gasteiger partial charge in [-0.3, -0.25) is 4.79 Å². The Morgan fingerprint density at radius 1 is 1.88 bits per heavy atom. The first-order valence-corrected chi connectivity index (χ1v) is 3.99. The smallest absolute Gasteiger partial charge is 0.306 e. The van der Waals surface area contributed by atoms with Gasteiger partial charge in [0.15, 0.2) is 0 Å². The predicted octanol–water partition coefficient (Wildman–Crippen LogP) is 1.53. The Morgan fingerprint density at radius 2 is 2.38 bits per heavy atom. The van der Waals surface area contributed by atoms with E-state index in [-0.39, 0.29) is 5.92 Å². The molecule has 0 heterocycles. The van der Waals surface area contributed by atoms with Crippen molar-refractivity contribution in [3.8, 4) is 0 Å². The number of halogens is 1.